The molecule has 9 heteroatoms. The molecule has 0 bridgehead atoms. The molecule has 3 rings (SSSR count). The van der Waals surface area contributed by atoms with Crippen molar-refractivity contribution in [3.8, 4) is 40.1 Å². The lowest BCUT2D eigenvalue weighted by Gasteiger charge is -2.11. The van der Waals surface area contributed by atoms with Crippen LogP contribution in [0.2, 0.25) is 0 Å². The second-order valence-electron chi connectivity index (χ2n) is 6.51. The maximum absolute atomic E-state index is 12.4. The molecule has 0 aliphatic heterocycles. The summed E-state index contributed by atoms with van der Waals surface area (Å²) in [5, 5.41) is 39.5. The third-order valence-corrected chi connectivity index (χ3v) is 4.33. The Bertz CT molecular complexity index is 1150. The zero-order valence-electron chi connectivity index (χ0n) is 16.0. The first-order chi connectivity index (χ1) is 14.3. The van der Waals surface area contributed by atoms with Gasteiger partial charge in [0.05, 0.1) is 0 Å². The average molecular weight is 416 g/mol. The van der Waals surface area contributed by atoms with E-state index in [1.807, 2.05) is 6.92 Å². The molecule has 158 valence electrons. The Hall–Kier alpha value is -3.88. The molecule has 0 aliphatic carbocycles. The Balaban J connectivity index is 1.92. The molecule has 0 atom stereocenters. The van der Waals surface area contributed by atoms with Crippen LogP contribution >= 0.6 is 0 Å². The van der Waals surface area contributed by atoms with Gasteiger partial charge in [0.25, 0.3) is 0 Å². The number of ether oxygens (including phenoxy) is 2. The number of hydrogen-bond acceptors (Lipinski definition) is 9. The van der Waals surface area contributed by atoms with Crippen LogP contribution in [0.15, 0.2) is 39.5 Å². The summed E-state index contributed by atoms with van der Waals surface area (Å²) < 4.78 is 15.7. The number of esters is 1. The summed E-state index contributed by atoms with van der Waals surface area (Å²) in [4.78, 5) is 24.0. The molecule has 0 unspecified atom stereocenters. The lowest BCUT2D eigenvalue weighted by Crippen LogP contribution is -2.10. The van der Waals surface area contributed by atoms with Gasteiger partial charge in [0.2, 0.25) is 18.0 Å². The molecule has 0 saturated heterocycles. The van der Waals surface area contributed by atoms with E-state index in [2.05, 4.69) is 0 Å². The molecule has 30 heavy (non-hydrogen) atoms. The van der Waals surface area contributed by atoms with Crippen LogP contribution in [-0.4, -0.2) is 33.2 Å². The van der Waals surface area contributed by atoms with Crippen LogP contribution in [0.3, 0.4) is 0 Å². The molecule has 1 heterocycles. The van der Waals surface area contributed by atoms with Crippen molar-refractivity contribution < 1.29 is 39.1 Å². The molecule has 1 aromatic heterocycles. The Labute approximate surface area is 170 Å². The summed E-state index contributed by atoms with van der Waals surface area (Å²) >= 11 is 0. The van der Waals surface area contributed by atoms with Gasteiger partial charge >= 0.3 is 5.97 Å². The lowest BCUT2D eigenvalue weighted by atomic mass is 10.1. The smallest absolute Gasteiger partial charge is 0.308 e. The van der Waals surface area contributed by atoms with Crippen molar-refractivity contribution in [2.45, 2.75) is 26.2 Å². The Morgan fingerprint density at radius 3 is 2.57 bits per heavy atom. The fourth-order valence-corrected chi connectivity index (χ4v) is 2.79. The topological polar surface area (TPSA) is 147 Å². The van der Waals surface area contributed by atoms with Gasteiger partial charge in [-0.05, 0) is 24.6 Å². The van der Waals surface area contributed by atoms with Crippen LogP contribution in [0, 0.1) is 0 Å². The van der Waals surface area contributed by atoms with Gasteiger partial charge in [-0.15, -0.1) is 0 Å². The minimum absolute atomic E-state index is 0.0725. The van der Waals surface area contributed by atoms with Gasteiger partial charge in [0, 0.05) is 24.1 Å². The first kappa shape index (κ1) is 20.8. The molecular formula is C21H20O9. The van der Waals surface area contributed by atoms with Crippen molar-refractivity contribution in [1.29, 1.82) is 0 Å². The van der Waals surface area contributed by atoms with Crippen LogP contribution in [-0.2, 0) is 9.53 Å². The summed E-state index contributed by atoms with van der Waals surface area (Å²) in [6.07, 6.45) is 1.78. The number of rotatable bonds is 7. The Morgan fingerprint density at radius 2 is 1.83 bits per heavy atom. The molecule has 3 aromatic rings. The predicted octanol–water partition coefficient (Wildman–Crippen LogP) is 3.35. The predicted molar refractivity (Wildman–Crippen MR) is 106 cm³/mol. The monoisotopic (exact) mass is 416 g/mol. The number of benzene rings is 2. The first-order valence-corrected chi connectivity index (χ1v) is 9.15. The SMILES string of the molecule is CCCCC(=O)OCOc1cc(-c2oc3cc(O)cc(O)c3c(=O)c2O)ccc1O. The van der Waals surface area contributed by atoms with Crippen LogP contribution in [0.4, 0.5) is 0 Å². The van der Waals surface area contributed by atoms with Gasteiger partial charge in [0.1, 0.15) is 22.5 Å². The molecule has 4 N–H and O–H groups in total. The quantitative estimate of drug-likeness (QED) is 0.336. The van der Waals surface area contributed by atoms with E-state index in [0.29, 0.717) is 6.42 Å². The van der Waals surface area contributed by atoms with Gasteiger partial charge in [-0.25, -0.2) is 0 Å². The van der Waals surface area contributed by atoms with E-state index in [1.54, 1.807) is 0 Å². The number of fused-ring (bicyclic) bond motifs is 1. The minimum Gasteiger partial charge on any atom is -0.508 e. The summed E-state index contributed by atoms with van der Waals surface area (Å²) in [6, 6.07) is 5.95. The van der Waals surface area contributed by atoms with E-state index in [0.717, 1.165) is 18.6 Å². The molecule has 2 aromatic carbocycles. The molecule has 0 amide bonds. The fourth-order valence-electron chi connectivity index (χ4n) is 2.79. The number of phenols is 3. The van der Waals surface area contributed by atoms with E-state index in [1.165, 1.54) is 18.2 Å². The third kappa shape index (κ3) is 4.24. The van der Waals surface area contributed by atoms with E-state index in [9.17, 15) is 30.0 Å². The summed E-state index contributed by atoms with van der Waals surface area (Å²) in [6.45, 7) is 1.51. The van der Waals surface area contributed by atoms with Crippen molar-refractivity contribution in [3.63, 3.8) is 0 Å². The molecule has 0 aliphatic rings. The average Bonchev–Trinajstić information content (AvgIpc) is 2.70. The van der Waals surface area contributed by atoms with E-state index < -0.39 is 29.7 Å². The molecular weight excluding hydrogens is 396 g/mol. The van der Waals surface area contributed by atoms with Crippen LogP contribution in [0.1, 0.15) is 26.2 Å². The third-order valence-electron chi connectivity index (χ3n) is 4.33. The van der Waals surface area contributed by atoms with Crippen molar-refractivity contribution in [2.24, 2.45) is 0 Å². The normalized spacial score (nSPS) is 10.8. The van der Waals surface area contributed by atoms with Crippen molar-refractivity contribution >= 4 is 16.9 Å². The highest BCUT2D eigenvalue weighted by molar-refractivity contribution is 5.88. The van der Waals surface area contributed by atoms with Gasteiger partial charge in [0.15, 0.2) is 17.3 Å². The molecule has 9 nitrogen and oxygen atoms in total. The van der Waals surface area contributed by atoms with Crippen molar-refractivity contribution in [3.05, 3.63) is 40.6 Å². The highest BCUT2D eigenvalue weighted by atomic mass is 16.7. The van der Waals surface area contributed by atoms with E-state index in [-0.39, 0.29) is 46.0 Å². The van der Waals surface area contributed by atoms with Crippen molar-refractivity contribution in [2.75, 3.05) is 6.79 Å². The first-order valence-electron chi connectivity index (χ1n) is 9.15. The number of aromatic hydroxyl groups is 4. The number of carbonyl (C=O) groups excluding carboxylic acids is 1. The maximum Gasteiger partial charge on any atom is 0.308 e. The van der Waals surface area contributed by atoms with Crippen LogP contribution < -0.4 is 10.2 Å². The lowest BCUT2D eigenvalue weighted by molar-refractivity contribution is -0.150. The number of carbonyl (C=O) groups is 1. The van der Waals surface area contributed by atoms with E-state index >= 15 is 0 Å². The van der Waals surface area contributed by atoms with Crippen LogP contribution in [0.25, 0.3) is 22.3 Å². The molecule has 0 radical (unpaired) electrons. The zero-order chi connectivity index (χ0) is 21.8. The second kappa shape index (κ2) is 8.64. The number of hydrogen-bond donors (Lipinski definition) is 4. The highest BCUT2D eigenvalue weighted by Gasteiger charge is 2.20. The maximum atomic E-state index is 12.4. The summed E-state index contributed by atoms with van der Waals surface area (Å²) in [5.41, 5.74) is -0.880. The number of phenolic OH excluding ortho intramolecular Hbond substituents is 3. The minimum atomic E-state index is -0.899. The highest BCUT2D eigenvalue weighted by Crippen LogP contribution is 2.38. The van der Waals surface area contributed by atoms with Gasteiger partial charge in [-0.2, -0.15) is 0 Å². The Kier molecular flexibility index (Phi) is 6.01. The van der Waals surface area contributed by atoms with Crippen LogP contribution in [0.5, 0.6) is 28.7 Å². The second-order valence-corrected chi connectivity index (χ2v) is 6.51. The summed E-state index contributed by atoms with van der Waals surface area (Å²) in [7, 11) is 0. The van der Waals surface area contributed by atoms with Gasteiger partial charge < -0.3 is 34.3 Å². The standard InChI is InChI=1S/C21H20O9/c1-2-3-4-17(25)29-10-28-15-7-11(5-6-13(15)23)21-20(27)19(26)18-14(24)8-12(22)9-16(18)30-21/h5-9,22-24,27H,2-4,10H2,1H3. The number of unbranched alkanes of at least 4 members (excludes halogenated alkanes) is 1. The summed E-state index contributed by atoms with van der Waals surface area (Å²) in [5.74, 6) is -2.68. The molecule has 0 saturated carbocycles. The van der Waals surface area contributed by atoms with Crippen molar-refractivity contribution in [1.82, 2.24) is 0 Å². The Morgan fingerprint density at radius 1 is 1.07 bits per heavy atom. The van der Waals surface area contributed by atoms with Gasteiger partial charge in [-0.3, -0.25) is 9.59 Å². The fraction of sp³-hybridized carbons (Fsp3) is 0.238. The van der Waals surface area contributed by atoms with Gasteiger partial charge in [-0.1, -0.05) is 13.3 Å². The van der Waals surface area contributed by atoms with E-state index in [4.69, 9.17) is 13.9 Å². The zero-order valence-corrected chi connectivity index (χ0v) is 16.0. The largest absolute Gasteiger partial charge is 0.508 e. The molecule has 0 spiro atoms. The molecule has 0 fully saturated rings.